The van der Waals surface area contributed by atoms with Crippen LogP contribution in [-0.4, -0.2) is 0 Å². The van der Waals surface area contributed by atoms with E-state index in [9.17, 15) is 0 Å². The number of hydrogen-bond donors (Lipinski definition) is 0. The van der Waals surface area contributed by atoms with Crippen LogP contribution >= 0.6 is 0 Å². The summed E-state index contributed by atoms with van der Waals surface area (Å²) in [5.41, 5.74) is 8.47. The van der Waals surface area contributed by atoms with Gasteiger partial charge in [-0.3, -0.25) is 0 Å². The molecule has 21 heavy (non-hydrogen) atoms. The molecule has 1 aliphatic rings. The summed E-state index contributed by atoms with van der Waals surface area (Å²) in [4.78, 5) is 0. The Morgan fingerprint density at radius 1 is 0.952 bits per heavy atom. The SMILES string of the molecule is C/C=C(\C)c1ccc2c(c1)C(C)(C)c1ccccc1-2.C=C. The van der Waals surface area contributed by atoms with E-state index in [1.807, 2.05) is 0 Å². The molecule has 3 rings (SSSR count). The van der Waals surface area contributed by atoms with Crippen LogP contribution in [0.1, 0.15) is 44.4 Å². The van der Waals surface area contributed by atoms with E-state index in [1.165, 1.54) is 33.4 Å². The van der Waals surface area contributed by atoms with Crippen molar-refractivity contribution in [3.8, 4) is 11.1 Å². The topological polar surface area (TPSA) is 0 Å². The van der Waals surface area contributed by atoms with Crippen LogP contribution in [0.2, 0.25) is 0 Å². The monoisotopic (exact) mass is 276 g/mol. The molecule has 0 atom stereocenters. The lowest BCUT2D eigenvalue weighted by molar-refractivity contribution is 0.660. The average molecular weight is 276 g/mol. The molecule has 0 aromatic heterocycles. The van der Waals surface area contributed by atoms with E-state index in [-0.39, 0.29) is 5.41 Å². The first-order valence-electron chi connectivity index (χ1n) is 7.43. The Bertz CT molecular complexity index is 687. The number of rotatable bonds is 1. The van der Waals surface area contributed by atoms with Gasteiger partial charge >= 0.3 is 0 Å². The van der Waals surface area contributed by atoms with Gasteiger partial charge in [-0.2, -0.15) is 0 Å². The Hall–Kier alpha value is -2.08. The van der Waals surface area contributed by atoms with Gasteiger partial charge in [-0.15, -0.1) is 13.2 Å². The van der Waals surface area contributed by atoms with E-state index < -0.39 is 0 Å². The van der Waals surface area contributed by atoms with E-state index in [1.54, 1.807) is 0 Å². The summed E-state index contributed by atoms with van der Waals surface area (Å²) in [5.74, 6) is 0. The van der Waals surface area contributed by atoms with Crippen LogP contribution in [0.15, 0.2) is 61.7 Å². The lowest BCUT2D eigenvalue weighted by Crippen LogP contribution is -2.15. The number of allylic oxidation sites excluding steroid dienone is 2. The van der Waals surface area contributed by atoms with Crippen molar-refractivity contribution >= 4 is 5.57 Å². The summed E-state index contributed by atoms with van der Waals surface area (Å²) >= 11 is 0. The van der Waals surface area contributed by atoms with Gasteiger partial charge in [0.15, 0.2) is 0 Å². The van der Waals surface area contributed by atoms with E-state index >= 15 is 0 Å². The minimum Gasteiger partial charge on any atom is -0.106 e. The van der Waals surface area contributed by atoms with Gasteiger partial charge in [0, 0.05) is 5.41 Å². The van der Waals surface area contributed by atoms with Crippen molar-refractivity contribution in [3.05, 3.63) is 78.4 Å². The largest absolute Gasteiger partial charge is 0.106 e. The van der Waals surface area contributed by atoms with E-state index in [2.05, 4.69) is 89.4 Å². The Balaban J connectivity index is 0.000000774. The molecule has 0 aliphatic heterocycles. The van der Waals surface area contributed by atoms with Crippen molar-refractivity contribution in [2.45, 2.75) is 33.1 Å². The molecule has 0 amide bonds. The fraction of sp³-hybridized carbons (Fsp3) is 0.238. The maximum Gasteiger partial charge on any atom is 0.0159 e. The molecule has 2 aromatic rings. The van der Waals surface area contributed by atoms with Crippen LogP contribution < -0.4 is 0 Å². The molecule has 0 saturated heterocycles. The zero-order valence-electron chi connectivity index (χ0n) is 13.5. The van der Waals surface area contributed by atoms with Gasteiger partial charge in [0.1, 0.15) is 0 Å². The molecular weight excluding hydrogens is 252 g/mol. The van der Waals surface area contributed by atoms with E-state index in [0.29, 0.717) is 0 Å². The predicted molar refractivity (Wildman–Crippen MR) is 94.6 cm³/mol. The zero-order valence-corrected chi connectivity index (χ0v) is 13.5. The molecule has 0 spiro atoms. The van der Waals surface area contributed by atoms with E-state index in [4.69, 9.17) is 0 Å². The predicted octanol–water partition coefficient (Wildman–Crippen LogP) is 6.22. The van der Waals surface area contributed by atoms with Crippen molar-refractivity contribution in [1.82, 2.24) is 0 Å². The lowest BCUT2D eigenvalue weighted by atomic mass is 9.81. The third-order valence-electron chi connectivity index (χ3n) is 4.47. The van der Waals surface area contributed by atoms with Gasteiger partial charge in [-0.05, 0) is 47.2 Å². The van der Waals surface area contributed by atoms with Crippen LogP contribution in [-0.2, 0) is 5.41 Å². The van der Waals surface area contributed by atoms with Crippen molar-refractivity contribution in [3.63, 3.8) is 0 Å². The van der Waals surface area contributed by atoms with Crippen LogP contribution in [0, 0.1) is 0 Å². The molecule has 0 fully saturated rings. The minimum absolute atomic E-state index is 0.107. The molecule has 1 aliphatic carbocycles. The molecule has 0 heteroatoms. The van der Waals surface area contributed by atoms with Crippen molar-refractivity contribution in [2.75, 3.05) is 0 Å². The molecule has 0 radical (unpaired) electrons. The van der Waals surface area contributed by atoms with Gasteiger partial charge < -0.3 is 0 Å². The molecular formula is C21H24. The molecule has 0 heterocycles. The van der Waals surface area contributed by atoms with Crippen molar-refractivity contribution in [1.29, 1.82) is 0 Å². The lowest BCUT2D eigenvalue weighted by Gasteiger charge is -2.22. The highest BCUT2D eigenvalue weighted by Gasteiger charge is 2.34. The van der Waals surface area contributed by atoms with Gasteiger partial charge in [0.2, 0.25) is 0 Å². The van der Waals surface area contributed by atoms with Gasteiger partial charge in [0.05, 0.1) is 0 Å². The van der Waals surface area contributed by atoms with Gasteiger partial charge in [-0.25, -0.2) is 0 Å². The second-order valence-electron chi connectivity index (χ2n) is 5.90. The van der Waals surface area contributed by atoms with Gasteiger partial charge in [0.25, 0.3) is 0 Å². The smallest absolute Gasteiger partial charge is 0.0159 e. The van der Waals surface area contributed by atoms with Crippen LogP contribution in [0.4, 0.5) is 0 Å². The number of fused-ring (bicyclic) bond motifs is 3. The number of hydrogen-bond acceptors (Lipinski definition) is 0. The van der Waals surface area contributed by atoms with Crippen LogP contribution in [0.3, 0.4) is 0 Å². The third-order valence-corrected chi connectivity index (χ3v) is 4.47. The Labute approximate surface area is 128 Å². The summed E-state index contributed by atoms with van der Waals surface area (Å²) in [6.45, 7) is 14.9. The second-order valence-corrected chi connectivity index (χ2v) is 5.90. The Kier molecular flexibility index (Phi) is 4.18. The first kappa shape index (κ1) is 15.3. The molecule has 0 nitrogen and oxygen atoms in total. The first-order valence-corrected chi connectivity index (χ1v) is 7.43. The van der Waals surface area contributed by atoms with Crippen molar-refractivity contribution in [2.24, 2.45) is 0 Å². The quantitative estimate of drug-likeness (QED) is 0.542. The standard InChI is InChI=1S/C19H20.C2H4/c1-5-13(2)14-10-11-16-15-8-6-7-9-17(15)19(3,4)18(16)12-14;1-2/h5-12H,1-4H3;1-2H2/b13-5+;. The maximum atomic E-state index is 3.00. The maximum absolute atomic E-state index is 3.00. The minimum atomic E-state index is 0.107. The first-order chi connectivity index (χ1) is 10.1. The molecule has 0 bridgehead atoms. The third kappa shape index (κ3) is 2.35. The number of benzene rings is 2. The highest BCUT2D eigenvalue weighted by Crippen LogP contribution is 2.48. The molecule has 108 valence electrons. The molecule has 0 saturated carbocycles. The van der Waals surface area contributed by atoms with E-state index in [0.717, 1.165) is 0 Å². The summed E-state index contributed by atoms with van der Waals surface area (Å²) < 4.78 is 0. The fourth-order valence-electron chi connectivity index (χ4n) is 3.12. The molecule has 2 aromatic carbocycles. The summed E-state index contributed by atoms with van der Waals surface area (Å²) in [7, 11) is 0. The highest BCUT2D eigenvalue weighted by molar-refractivity contribution is 5.82. The summed E-state index contributed by atoms with van der Waals surface area (Å²) in [6, 6.07) is 15.7. The normalized spacial score (nSPS) is 14.8. The second kappa shape index (κ2) is 5.73. The Morgan fingerprint density at radius 3 is 2.24 bits per heavy atom. The summed E-state index contributed by atoms with van der Waals surface area (Å²) in [5, 5.41) is 0. The average Bonchev–Trinajstić information content (AvgIpc) is 2.77. The zero-order chi connectivity index (χ0) is 15.6. The highest BCUT2D eigenvalue weighted by atomic mass is 14.4. The van der Waals surface area contributed by atoms with Crippen LogP contribution in [0.25, 0.3) is 16.7 Å². The Morgan fingerprint density at radius 2 is 1.57 bits per heavy atom. The fourth-order valence-corrected chi connectivity index (χ4v) is 3.12. The van der Waals surface area contributed by atoms with Crippen LogP contribution in [0.5, 0.6) is 0 Å². The summed E-state index contributed by atoms with van der Waals surface area (Å²) in [6.07, 6.45) is 2.18. The van der Waals surface area contributed by atoms with Crippen molar-refractivity contribution < 1.29 is 0 Å². The molecule has 0 unspecified atom stereocenters. The molecule has 0 N–H and O–H groups in total. The van der Waals surface area contributed by atoms with Gasteiger partial charge in [-0.1, -0.05) is 62.4 Å².